The molecule has 1 spiro atoms. The van der Waals surface area contributed by atoms with Gasteiger partial charge in [0.25, 0.3) is 0 Å². The van der Waals surface area contributed by atoms with Crippen LogP contribution in [-0.4, -0.2) is 33.3 Å². The second-order valence-corrected chi connectivity index (χ2v) is 6.93. The molecule has 0 unspecified atom stereocenters. The Labute approximate surface area is 114 Å². The average Bonchev–Trinajstić information content (AvgIpc) is 2.87. The van der Waals surface area contributed by atoms with Crippen molar-refractivity contribution in [2.24, 2.45) is 11.3 Å². The summed E-state index contributed by atoms with van der Waals surface area (Å²) in [5.74, 6) is 0.278. The SMILES string of the molecule is C[C@@H]1CC(C)(C)C[C@]2(C1)OC[C@@H](Cn1cncn1)O2. The molecule has 1 aromatic heterocycles. The highest BCUT2D eigenvalue weighted by molar-refractivity contribution is 4.92. The molecule has 0 aromatic carbocycles. The van der Waals surface area contributed by atoms with Gasteiger partial charge in [0, 0.05) is 12.8 Å². The van der Waals surface area contributed by atoms with Crippen molar-refractivity contribution in [2.75, 3.05) is 6.61 Å². The Balaban J connectivity index is 1.67. The van der Waals surface area contributed by atoms with Crippen LogP contribution in [0.3, 0.4) is 0 Å². The maximum Gasteiger partial charge on any atom is 0.169 e. The van der Waals surface area contributed by atoms with Crippen molar-refractivity contribution >= 4 is 0 Å². The second kappa shape index (κ2) is 4.56. The lowest BCUT2D eigenvalue weighted by molar-refractivity contribution is -0.217. The first kappa shape index (κ1) is 13.1. The van der Waals surface area contributed by atoms with Gasteiger partial charge in [-0.15, -0.1) is 0 Å². The highest BCUT2D eigenvalue weighted by Crippen LogP contribution is 2.48. The molecule has 1 aliphatic carbocycles. The third-order valence-corrected chi connectivity index (χ3v) is 4.08. The normalized spacial score (nSPS) is 37.8. The summed E-state index contributed by atoms with van der Waals surface area (Å²) in [6, 6.07) is 0. The number of hydrogen-bond acceptors (Lipinski definition) is 4. The van der Waals surface area contributed by atoms with Crippen molar-refractivity contribution < 1.29 is 9.47 Å². The number of nitrogens with zero attached hydrogens (tertiary/aromatic N) is 3. The minimum absolute atomic E-state index is 0.0859. The summed E-state index contributed by atoms with van der Waals surface area (Å²) in [6.45, 7) is 8.28. The highest BCUT2D eigenvalue weighted by Gasteiger charge is 2.49. The topological polar surface area (TPSA) is 49.2 Å². The van der Waals surface area contributed by atoms with E-state index >= 15 is 0 Å². The Hall–Kier alpha value is -0.940. The van der Waals surface area contributed by atoms with E-state index in [2.05, 4.69) is 30.9 Å². The largest absolute Gasteiger partial charge is 0.347 e. The quantitative estimate of drug-likeness (QED) is 0.823. The first-order valence-electron chi connectivity index (χ1n) is 7.11. The molecule has 1 aliphatic heterocycles. The smallest absolute Gasteiger partial charge is 0.169 e. The fourth-order valence-electron chi connectivity index (χ4n) is 3.86. The Morgan fingerprint density at radius 2 is 2.21 bits per heavy atom. The van der Waals surface area contributed by atoms with Gasteiger partial charge >= 0.3 is 0 Å². The summed E-state index contributed by atoms with van der Waals surface area (Å²) < 4.78 is 14.1. The average molecular weight is 265 g/mol. The van der Waals surface area contributed by atoms with Crippen LogP contribution in [0.1, 0.15) is 40.0 Å². The van der Waals surface area contributed by atoms with Crippen LogP contribution in [0.4, 0.5) is 0 Å². The van der Waals surface area contributed by atoms with Gasteiger partial charge in [0.2, 0.25) is 0 Å². The summed E-state index contributed by atoms with van der Waals surface area (Å²) in [6.07, 6.45) is 6.60. The van der Waals surface area contributed by atoms with Gasteiger partial charge in [-0.3, -0.25) is 4.68 Å². The van der Waals surface area contributed by atoms with Crippen molar-refractivity contribution in [3.05, 3.63) is 12.7 Å². The van der Waals surface area contributed by atoms with E-state index in [4.69, 9.17) is 9.47 Å². The van der Waals surface area contributed by atoms with E-state index in [-0.39, 0.29) is 11.9 Å². The monoisotopic (exact) mass is 265 g/mol. The fourth-order valence-corrected chi connectivity index (χ4v) is 3.86. The van der Waals surface area contributed by atoms with Gasteiger partial charge in [-0.1, -0.05) is 20.8 Å². The Morgan fingerprint density at radius 1 is 1.37 bits per heavy atom. The van der Waals surface area contributed by atoms with Crippen molar-refractivity contribution in [3.8, 4) is 0 Å². The number of aromatic nitrogens is 3. The molecule has 0 bridgehead atoms. The van der Waals surface area contributed by atoms with Gasteiger partial charge in [0.15, 0.2) is 5.79 Å². The molecule has 0 N–H and O–H groups in total. The maximum atomic E-state index is 6.26. The minimum atomic E-state index is -0.369. The van der Waals surface area contributed by atoms with E-state index in [1.807, 2.05) is 4.68 Å². The van der Waals surface area contributed by atoms with Crippen LogP contribution in [0, 0.1) is 11.3 Å². The first-order valence-corrected chi connectivity index (χ1v) is 7.11. The first-order chi connectivity index (χ1) is 8.96. The van der Waals surface area contributed by atoms with Crippen LogP contribution in [0.2, 0.25) is 0 Å². The molecule has 1 saturated carbocycles. The standard InChI is InChI=1S/C14H23N3O2/c1-11-4-13(2,3)8-14(5-11)18-7-12(19-14)6-17-10-15-9-16-17/h9-12H,4-8H2,1-3H3/t11-,12-,14-/m1/s1. The van der Waals surface area contributed by atoms with Gasteiger partial charge in [0.05, 0.1) is 13.2 Å². The van der Waals surface area contributed by atoms with Crippen molar-refractivity contribution in [2.45, 2.75) is 58.5 Å². The van der Waals surface area contributed by atoms with E-state index < -0.39 is 0 Å². The van der Waals surface area contributed by atoms with Crippen LogP contribution in [-0.2, 0) is 16.0 Å². The Kier molecular flexibility index (Phi) is 3.14. The lowest BCUT2D eigenvalue weighted by atomic mass is 9.70. The lowest BCUT2D eigenvalue weighted by Crippen LogP contribution is -2.43. The lowest BCUT2D eigenvalue weighted by Gasteiger charge is -2.44. The molecule has 2 aliphatic rings. The summed E-state index contributed by atoms with van der Waals surface area (Å²) in [5.41, 5.74) is 0.291. The Morgan fingerprint density at radius 3 is 2.89 bits per heavy atom. The summed E-state index contributed by atoms with van der Waals surface area (Å²) in [4.78, 5) is 3.96. The van der Waals surface area contributed by atoms with Crippen LogP contribution < -0.4 is 0 Å². The van der Waals surface area contributed by atoms with Crippen LogP contribution in [0.5, 0.6) is 0 Å². The third-order valence-electron chi connectivity index (χ3n) is 4.08. The third kappa shape index (κ3) is 2.82. The predicted octanol–water partition coefficient (Wildman–Crippen LogP) is 2.24. The summed E-state index contributed by atoms with van der Waals surface area (Å²) >= 11 is 0. The zero-order valence-electron chi connectivity index (χ0n) is 12.0. The molecule has 106 valence electrons. The molecule has 5 nitrogen and oxygen atoms in total. The molecule has 2 fully saturated rings. The van der Waals surface area contributed by atoms with Crippen molar-refractivity contribution in [1.82, 2.24) is 14.8 Å². The number of rotatable bonds is 2. The molecular formula is C14H23N3O2. The van der Waals surface area contributed by atoms with Gasteiger partial charge in [-0.2, -0.15) is 5.10 Å². The second-order valence-electron chi connectivity index (χ2n) is 6.93. The molecule has 19 heavy (non-hydrogen) atoms. The van der Waals surface area contributed by atoms with Gasteiger partial charge in [0.1, 0.15) is 18.8 Å². The molecule has 3 rings (SSSR count). The van der Waals surface area contributed by atoms with Gasteiger partial charge in [-0.25, -0.2) is 4.98 Å². The molecular weight excluding hydrogens is 242 g/mol. The van der Waals surface area contributed by atoms with Crippen LogP contribution in [0.15, 0.2) is 12.7 Å². The van der Waals surface area contributed by atoms with Crippen LogP contribution >= 0.6 is 0 Å². The molecule has 0 radical (unpaired) electrons. The maximum absolute atomic E-state index is 6.26. The van der Waals surface area contributed by atoms with E-state index in [9.17, 15) is 0 Å². The van der Waals surface area contributed by atoms with E-state index in [1.165, 1.54) is 6.42 Å². The van der Waals surface area contributed by atoms with Gasteiger partial charge < -0.3 is 9.47 Å². The molecule has 3 atom stereocenters. The minimum Gasteiger partial charge on any atom is -0.347 e. The van der Waals surface area contributed by atoms with Crippen molar-refractivity contribution in [3.63, 3.8) is 0 Å². The zero-order valence-corrected chi connectivity index (χ0v) is 12.0. The Bertz CT molecular complexity index is 432. The molecule has 1 aromatic rings. The van der Waals surface area contributed by atoms with E-state index in [1.54, 1.807) is 12.7 Å². The summed E-state index contributed by atoms with van der Waals surface area (Å²) in [7, 11) is 0. The number of ether oxygens (including phenoxy) is 2. The molecule has 5 heteroatoms. The number of hydrogen-bond donors (Lipinski definition) is 0. The highest BCUT2D eigenvalue weighted by atomic mass is 16.7. The van der Waals surface area contributed by atoms with Crippen LogP contribution in [0.25, 0.3) is 0 Å². The van der Waals surface area contributed by atoms with Crippen molar-refractivity contribution in [1.29, 1.82) is 0 Å². The van der Waals surface area contributed by atoms with E-state index in [0.29, 0.717) is 17.9 Å². The summed E-state index contributed by atoms with van der Waals surface area (Å²) in [5, 5.41) is 4.13. The zero-order chi connectivity index (χ0) is 13.5. The fraction of sp³-hybridized carbons (Fsp3) is 0.857. The molecule has 0 amide bonds. The molecule has 1 saturated heterocycles. The van der Waals surface area contributed by atoms with E-state index in [0.717, 1.165) is 19.4 Å². The predicted molar refractivity (Wildman–Crippen MR) is 70.4 cm³/mol. The molecule has 2 heterocycles. The van der Waals surface area contributed by atoms with Gasteiger partial charge in [-0.05, 0) is 17.8 Å².